The molecule has 0 spiro atoms. The molecule has 12 nitrogen and oxygen atoms in total. The highest BCUT2D eigenvalue weighted by Crippen LogP contribution is 2.40. The van der Waals surface area contributed by atoms with E-state index in [0.717, 1.165) is 11.3 Å². The van der Waals surface area contributed by atoms with E-state index in [1.165, 1.54) is 29.0 Å². The number of nitrogen functional groups attached to an aromatic ring is 1. The number of rotatable bonds is 6. The van der Waals surface area contributed by atoms with Crippen molar-refractivity contribution in [3.63, 3.8) is 0 Å². The number of thioether (sulfide) groups is 1. The average molecular weight is 524 g/mol. The van der Waals surface area contributed by atoms with Crippen LogP contribution >= 0.6 is 23.1 Å². The van der Waals surface area contributed by atoms with Crippen LogP contribution in [-0.4, -0.2) is 69.2 Å². The molecule has 1 aromatic heterocycles. The number of carbonyl (C=O) groups is 5. The molecule has 14 heteroatoms. The molecule has 3 N–H and O–H groups in total. The van der Waals surface area contributed by atoms with E-state index in [2.05, 4.69) is 15.3 Å². The summed E-state index contributed by atoms with van der Waals surface area (Å²) in [5, 5.41) is 3.67. The summed E-state index contributed by atoms with van der Waals surface area (Å²) >= 11 is 2.43. The zero-order chi connectivity index (χ0) is 26.1. The van der Waals surface area contributed by atoms with Crippen LogP contribution in [0, 0.1) is 5.41 Å². The number of β-lactam (4-membered cyclic amide) rings is 1. The summed E-state index contributed by atoms with van der Waals surface area (Å²) in [6.45, 7) is 7.26. The van der Waals surface area contributed by atoms with Crippen LogP contribution in [0.4, 0.5) is 5.13 Å². The average Bonchev–Trinajstić information content (AvgIpc) is 3.20. The second kappa shape index (κ2) is 10.2. The van der Waals surface area contributed by atoms with E-state index < -0.39 is 53.3 Å². The Hall–Kier alpha value is -3.26. The monoisotopic (exact) mass is 523 g/mol. The third kappa shape index (κ3) is 5.70. The number of aromatic nitrogens is 1. The Balaban J connectivity index is 1.69. The van der Waals surface area contributed by atoms with Gasteiger partial charge in [-0.2, -0.15) is 0 Å². The lowest BCUT2D eigenvalue weighted by Crippen LogP contribution is -2.71. The molecule has 2 unspecified atom stereocenters. The van der Waals surface area contributed by atoms with Gasteiger partial charge in [0.1, 0.15) is 22.8 Å². The molecule has 1 saturated heterocycles. The largest absolute Gasteiger partial charge is 0.427 e. The first-order valence-electron chi connectivity index (χ1n) is 10.4. The molecule has 2 aliphatic heterocycles. The third-order valence-electron chi connectivity index (χ3n) is 4.88. The van der Waals surface area contributed by atoms with Gasteiger partial charge in [0.2, 0.25) is 12.7 Å². The van der Waals surface area contributed by atoms with Crippen molar-refractivity contribution < 1.29 is 33.4 Å². The van der Waals surface area contributed by atoms with E-state index in [1.54, 1.807) is 27.7 Å². The van der Waals surface area contributed by atoms with Crippen LogP contribution in [0.2, 0.25) is 0 Å². The van der Waals surface area contributed by atoms with Crippen molar-refractivity contribution in [2.45, 2.75) is 46.0 Å². The van der Waals surface area contributed by atoms with Crippen LogP contribution in [-0.2, 0) is 33.4 Å². The van der Waals surface area contributed by atoms with Crippen molar-refractivity contribution in [2.24, 2.45) is 10.4 Å². The summed E-state index contributed by atoms with van der Waals surface area (Å²) in [5.74, 6) is -2.87. The van der Waals surface area contributed by atoms with Crippen molar-refractivity contribution >= 4 is 63.6 Å². The van der Waals surface area contributed by atoms with Gasteiger partial charge in [0.05, 0.1) is 5.41 Å². The fraction of sp³-hybridized carbons (Fsp3) is 0.476. The Morgan fingerprint density at radius 2 is 1.97 bits per heavy atom. The number of anilines is 1. The molecule has 0 radical (unpaired) electrons. The molecule has 3 heterocycles. The minimum atomic E-state index is -0.963. The standard InChI is InChI=1S/C21H25N5O7S2/c1-9-6-34-17-13(25-15(28)12(23-10(2)27)11-7-35-20(22)24-11)16(29)26(17)14(9)18(30)32-8-33-19(31)21(3,4)5/h7,13,17H,6,8H2,1-5H3,(H2,22,24)(H,25,28). The van der Waals surface area contributed by atoms with E-state index in [4.69, 9.17) is 15.2 Å². The molecular weight excluding hydrogens is 498 g/mol. The summed E-state index contributed by atoms with van der Waals surface area (Å²) in [5.41, 5.74) is 5.36. The van der Waals surface area contributed by atoms with E-state index >= 15 is 0 Å². The Labute approximate surface area is 209 Å². The number of esters is 2. The van der Waals surface area contributed by atoms with Crippen LogP contribution in [0.25, 0.3) is 0 Å². The number of thiazole rings is 1. The lowest BCUT2D eigenvalue weighted by molar-refractivity contribution is -0.173. The minimum absolute atomic E-state index is 0.0426. The molecular formula is C21H25N5O7S2. The highest BCUT2D eigenvalue weighted by atomic mass is 32.2. The van der Waals surface area contributed by atoms with Gasteiger partial charge in [0.15, 0.2) is 10.8 Å². The topological polar surface area (TPSA) is 170 Å². The second-order valence-corrected chi connectivity index (χ2v) is 10.8. The number of carbonyl (C=O) groups excluding carboxylic acids is 5. The first-order valence-corrected chi connectivity index (χ1v) is 12.3. The minimum Gasteiger partial charge on any atom is -0.427 e. The molecule has 2 atom stereocenters. The van der Waals surface area contributed by atoms with Gasteiger partial charge in [-0.15, -0.1) is 23.1 Å². The molecule has 2 aliphatic rings. The molecule has 0 aliphatic carbocycles. The van der Waals surface area contributed by atoms with E-state index in [9.17, 15) is 24.0 Å². The number of hydrogen-bond donors (Lipinski definition) is 2. The first kappa shape index (κ1) is 26.3. The number of hydrogen-bond acceptors (Lipinski definition) is 11. The fourth-order valence-corrected chi connectivity index (χ4v) is 5.01. The van der Waals surface area contributed by atoms with Gasteiger partial charge in [0, 0.05) is 18.1 Å². The third-order valence-corrected chi connectivity index (χ3v) is 6.98. The SMILES string of the molecule is CC(=O)N=C(C(=O)NC1C(=O)N2C(C(=O)OCOC(=O)C(C)(C)C)=C(C)CSC12)c1csc(N)n1. The normalized spacial score (nSPS) is 20.1. The summed E-state index contributed by atoms with van der Waals surface area (Å²) in [6.07, 6.45) is 0. The van der Waals surface area contributed by atoms with Gasteiger partial charge in [-0.25, -0.2) is 14.8 Å². The molecule has 0 aromatic carbocycles. The van der Waals surface area contributed by atoms with Gasteiger partial charge in [-0.1, -0.05) is 0 Å². The summed E-state index contributed by atoms with van der Waals surface area (Å²) in [4.78, 5) is 70.8. The Kier molecular flexibility index (Phi) is 7.65. The Morgan fingerprint density at radius 1 is 1.29 bits per heavy atom. The number of amides is 3. The van der Waals surface area contributed by atoms with Crippen molar-refractivity contribution in [1.29, 1.82) is 0 Å². The molecule has 188 valence electrons. The number of nitrogens with zero attached hydrogens (tertiary/aromatic N) is 3. The van der Waals surface area contributed by atoms with E-state index in [-0.39, 0.29) is 22.2 Å². The molecule has 3 rings (SSSR count). The maximum atomic E-state index is 12.9. The second-order valence-electron chi connectivity index (χ2n) is 8.77. The summed E-state index contributed by atoms with van der Waals surface area (Å²) in [7, 11) is 0. The maximum absolute atomic E-state index is 12.9. The molecule has 3 amide bonds. The van der Waals surface area contributed by atoms with E-state index in [1.807, 2.05) is 0 Å². The highest BCUT2D eigenvalue weighted by molar-refractivity contribution is 8.00. The van der Waals surface area contributed by atoms with Gasteiger partial charge in [-0.05, 0) is 33.3 Å². The lowest BCUT2D eigenvalue weighted by atomic mass is 9.98. The number of fused-ring (bicyclic) bond motifs is 1. The molecule has 0 saturated carbocycles. The first-order chi connectivity index (χ1) is 16.3. The predicted molar refractivity (Wildman–Crippen MR) is 128 cm³/mol. The van der Waals surface area contributed by atoms with Crippen LogP contribution in [0.1, 0.15) is 40.3 Å². The number of nitrogens with one attached hydrogen (secondary N) is 1. The molecule has 1 aromatic rings. The number of aliphatic imine (C=N–C) groups is 1. The molecule has 35 heavy (non-hydrogen) atoms. The maximum Gasteiger partial charge on any atom is 0.357 e. The van der Waals surface area contributed by atoms with Crippen LogP contribution in [0.5, 0.6) is 0 Å². The van der Waals surface area contributed by atoms with Crippen molar-refractivity contribution in [3.8, 4) is 0 Å². The van der Waals surface area contributed by atoms with Gasteiger partial charge >= 0.3 is 11.9 Å². The van der Waals surface area contributed by atoms with Gasteiger partial charge in [-0.3, -0.25) is 24.1 Å². The summed E-state index contributed by atoms with van der Waals surface area (Å²) < 4.78 is 10.0. The van der Waals surface area contributed by atoms with Crippen LogP contribution < -0.4 is 11.1 Å². The zero-order valence-corrected chi connectivity index (χ0v) is 21.4. The highest BCUT2D eigenvalue weighted by Gasteiger charge is 2.54. The quantitative estimate of drug-likeness (QED) is 0.235. The van der Waals surface area contributed by atoms with E-state index in [0.29, 0.717) is 11.3 Å². The predicted octanol–water partition coefficient (Wildman–Crippen LogP) is 0.825. The lowest BCUT2D eigenvalue weighted by Gasteiger charge is -2.49. The van der Waals surface area contributed by atoms with Gasteiger partial charge < -0.3 is 20.5 Å². The Bertz CT molecular complexity index is 1150. The van der Waals surface area contributed by atoms with Crippen LogP contribution in [0.15, 0.2) is 21.6 Å². The zero-order valence-electron chi connectivity index (χ0n) is 19.7. The van der Waals surface area contributed by atoms with Crippen molar-refractivity contribution in [1.82, 2.24) is 15.2 Å². The number of ether oxygens (including phenoxy) is 2. The Morgan fingerprint density at radius 3 is 2.54 bits per heavy atom. The molecule has 0 bridgehead atoms. The van der Waals surface area contributed by atoms with Crippen molar-refractivity contribution in [2.75, 3.05) is 18.3 Å². The smallest absolute Gasteiger partial charge is 0.357 e. The fourth-order valence-electron chi connectivity index (χ4n) is 3.17. The van der Waals surface area contributed by atoms with Gasteiger partial charge in [0.25, 0.3) is 11.8 Å². The van der Waals surface area contributed by atoms with Crippen molar-refractivity contribution in [3.05, 3.63) is 22.3 Å². The number of nitrogens with two attached hydrogens (primary N) is 1. The molecule has 1 fully saturated rings. The summed E-state index contributed by atoms with van der Waals surface area (Å²) in [6, 6.07) is -0.963. The van der Waals surface area contributed by atoms with Crippen LogP contribution in [0.3, 0.4) is 0 Å².